The lowest BCUT2D eigenvalue weighted by molar-refractivity contribution is -0.136. The molecule has 0 unspecified atom stereocenters. The first-order chi connectivity index (χ1) is 12.3. The van der Waals surface area contributed by atoms with Crippen molar-refractivity contribution >= 4 is 11.7 Å². The Morgan fingerprint density at radius 1 is 1.12 bits per heavy atom. The van der Waals surface area contributed by atoms with Crippen LogP contribution in [0.2, 0.25) is 0 Å². The molecule has 134 valence electrons. The lowest BCUT2D eigenvalue weighted by Gasteiger charge is -2.40. The summed E-state index contributed by atoms with van der Waals surface area (Å²) in [5.41, 5.74) is 0. The number of ether oxygens (including phenoxy) is 1. The molecule has 25 heavy (non-hydrogen) atoms. The summed E-state index contributed by atoms with van der Waals surface area (Å²) in [5.74, 6) is 2.09. The molecule has 0 radical (unpaired) electrons. The van der Waals surface area contributed by atoms with E-state index in [1.807, 2.05) is 6.07 Å². The minimum Gasteiger partial charge on any atom is -0.481 e. The van der Waals surface area contributed by atoms with Crippen LogP contribution in [-0.2, 0) is 4.79 Å². The fraction of sp³-hybridized carbons (Fsp3) is 0.632. The van der Waals surface area contributed by atoms with Crippen LogP contribution in [0.25, 0.3) is 0 Å². The zero-order valence-corrected chi connectivity index (χ0v) is 14.8. The van der Waals surface area contributed by atoms with Gasteiger partial charge >= 0.3 is 0 Å². The van der Waals surface area contributed by atoms with E-state index >= 15 is 0 Å². The van der Waals surface area contributed by atoms with Gasteiger partial charge in [-0.3, -0.25) is 4.79 Å². The number of carbonyl (C=O) groups is 1. The van der Waals surface area contributed by atoms with Gasteiger partial charge in [0.1, 0.15) is 12.1 Å². The van der Waals surface area contributed by atoms with Crippen LogP contribution in [0.5, 0.6) is 5.88 Å². The Bertz CT molecular complexity index is 643. The van der Waals surface area contributed by atoms with Crippen molar-refractivity contribution < 1.29 is 9.53 Å². The van der Waals surface area contributed by atoms with E-state index in [9.17, 15) is 4.79 Å². The van der Waals surface area contributed by atoms with Crippen LogP contribution in [0, 0.1) is 5.92 Å². The number of hydrogen-bond donors (Lipinski definition) is 0. The Kier molecular flexibility index (Phi) is 4.59. The van der Waals surface area contributed by atoms with Crippen molar-refractivity contribution in [2.75, 3.05) is 25.1 Å². The average Bonchev–Trinajstić information content (AvgIpc) is 3.33. The number of allylic oxidation sites excluding steroid dienone is 2. The molecule has 1 saturated carbocycles. The second kappa shape index (κ2) is 7.02. The molecule has 2 fully saturated rings. The monoisotopic (exact) mass is 342 g/mol. The summed E-state index contributed by atoms with van der Waals surface area (Å²) in [7, 11) is 1.63. The number of likely N-dealkylation sites (tertiary alicyclic amines) is 1. The standard InChI is InChI=1S/C19H26N4O2/c1-25-18-12-17(20-13-21-18)23(15-6-7-15)16-8-10-22(11-9-16)19(24)14-4-2-3-5-14/h2-3,12-16H,4-11H2,1H3. The van der Waals surface area contributed by atoms with E-state index in [-0.39, 0.29) is 5.92 Å². The summed E-state index contributed by atoms with van der Waals surface area (Å²) in [5, 5.41) is 0. The van der Waals surface area contributed by atoms with Gasteiger partial charge in [-0.05, 0) is 38.5 Å². The van der Waals surface area contributed by atoms with Gasteiger partial charge in [-0.2, -0.15) is 0 Å². The summed E-state index contributed by atoms with van der Waals surface area (Å²) in [6, 6.07) is 2.95. The third-order valence-corrected chi connectivity index (χ3v) is 5.57. The maximum absolute atomic E-state index is 12.6. The molecule has 1 aliphatic heterocycles. The summed E-state index contributed by atoms with van der Waals surface area (Å²) < 4.78 is 5.26. The highest BCUT2D eigenvalue weighted by molar-refractivity contribution is 5.79. The maximum atomic E-state index is 12.6. The second-order valence-corrected chi connectivity index (χ2v) is 7.25. The zero-order valence-electron chi connectivity index (χ0n) is 14.8. The van der Waals surface area contributed by atoms with Crippen LogP contribution in [0.1, 0.15) is 38.5 Å². The van der Waals surface area contributed by atoms with Crippen molar-refractivity contribution in [3.63, 3.8) is 0 Å². The van der Waals surface area contributed by atoms with Gasteiger partial charge in [0.05, 0.1) is 7.11 Å². The summed E-state index contributed by atoms with van der Waals surface area (Å²) in [6.45, 7) is 1.71. The normalized spacial score (nSPS) is 21.6. The number of nitrogens with zero attached hydrogens (tertiary/aromatic N) is 4. The lowest BCUT2D eigenvalue weighted by Crippen LogP contribution is -2.49. The Morgan fingerprint density at radius 2 is 1.80 bits per heavy atom. The highest BCUT2D eigenvalue weighted by atomic mass is 16.5. The van der Waals surface area contributed by atoms with E-state index < -0.39 is 0 Å². The summed E-state index contributed by atoms with van der Waals surface area (Å²) >= 11 is 0. The molecule has 0 bridgehead atoms. The van der Waals surface area contributed by atoms with Gasteiger partial charge in [-0.25, -0.2) is 9.97 Å². The molecule has 1 saturated heterocycles. The highest BCUT2D eigenvalue weighted by Crippen LogP contribution is 2.36. The van der Waals surface area contributed by atoms with Crippen LogP contribution < -0.4 is 9.64 Å². The van der Waals surface area contributed by atoms with Crippen molar-refractivity contribution in [3.05, 3.63) is 24.5 Å². The fourth-order valence-corrected chi connectivity index (χ4v) is 4.05. The number of hydrogen-bond acceptors (Lipinski definition) is 5. The third kappa shape index (κ3) is 3.48. The maximum Gasteiger partial charge on any atom is 0.226 e. The van der Waals surface area contributed by atoms with E-state index in [4.69, 9.17) is 4.74 Å². The Hall–Kier alpha value is -2.11. The zero-order chi connectivity index (χ0) is 17.2. The van der Waals surface area contributed by atoms with E-state index in [0.717, 1.165) is 44.6 Å². The molecule has 6 heteroatoms. The van der Waals surface area contributed by atoms with Crippen molar-refractivity contribution in [3.8, 4) is 5.88 Å². The van der Waals surface area contributed by atoms with Gasteiger partial charge in [-0.15, -0.1) is 0 Å². The molecular weight excluding hydrogens is 316 g/mol. The SMILES string of the molecule is COc1cc(N(C2CC2)C2CCN(C(=O)C3CC=CC3)CC2)ncn1. The largest absolute Gasteiger partial charge is 0.481 e. The third-order valence-electron chi connectivity index (χ3n) is 5.57. The number of rotatable bonds is 5. The van der Waals surface area contributed by atoms with Crippen LogP contribution in [0.3, 0.4) is 0 Å². The summed E-state index contributed by atoms with van der Waals surface area (Å²) in [6.07, 6.45) is 12.1. The van der Waals surface area contributed by atoms with Crippen molar-refractivity contribution in [2.45, 2.75) is 50.6 Å². The first-order valence-electron chi connectivity index (χ1n) is 9.34. The molecule has 0 atom stereocenters. The highest BCUT2D eigenvalue weighted by Gasteiger charge is 2.38. The molecule has 2 aliphatic carbocycles. The number of carbonyl (C=O) groups excluding carboxylic acids is 1. The first-order valence-corrected chi connectivity index (χ1v) is 9.34. The molecule has 6 nitrogen and oxygen atoms in total. The van der Waals surface area contributed by atoms with Gasteiger partial charge in [-0.1, -0.05) is 12.2 Å². The fourth-order valence-electron chi connectivity index (χ4n) is 4.05. The predicted octanol–water partition coefficient (Wildman–Crippen LogP) is 2.41. The molecule has 1 aromatic rings. The van der Waals surface area contributed by atoms with Crippen LogP contribution in [-0.4, -0.2) is 53.1 Å². The molecule has 0 aromatic carbocycles. The molecule has 1 amide bonds. The van der Waals surface area contributed by atoms with Gasteiger partial charge in [0.2, 0.25) is 11.8 Å². The summed E-state index contributed by atoms with van der Waals surface area (Å²) in [4.78, 5) is 25.7. The predicted molar refractivity (Wildman–Crippen MR) is 95.6 cm³/mol. The molecular formula is C19H26N4O2. The van der Waals surface area contributed by atoms with Crippen molar-refractivity contribution in [2.24, 2.45) is 5.92 Å². The topological polar surface area (TPSA) is 58.6 Å². The Balaban J connectivity index is 1.41. The average molecular weight is 342 g/mol. The van der Waals surface area contributed by atoms with Gasteiger partial charge in [0, 0.05) is 37.2 Å². The molecule has 0 N–H and O–H groups in total. The second-order valence-electron chi connectivity index (χ2n) is 7.25. The minimum absolute atomic E-state index is 0.183. The van der Waals surface area contributed by atoms with Crippen LogP contribution >= 0.6 is 0 Å². The molecule has 4 rings (SSSR count). The van der Waals surface area contributed by atoms with E-state index in [0.29, 0.717) is 23.9 Å². The van der Waals surface area contributed by atoms with Crippen LogP contribution in [0.15, 0.2) is 24.5 Å². The van der Waals surface area contributed by atoms with Gasteiger partial charge in [0.25, 0.3) is 0 Å². The van der Waals surface area contributed by atoms with Gasteiger partial charge < -0.3 is 14.5 Å². The van der Waals surface area contributed by atoms with E-state index in [1.165, 1.54) is 12.8 Å². The van der Waals surface area contributed by atoms with Crippen molar-refractivity contribution in [1.29, 1.82) is 0 Å². The lowest BCUT2D eigenvalue weighted by atomic mass is 9.99. The minimum atomic E-state index is 0.183. The Labute approximate surface area is 148 Å². The molecule has 2 heterocycles. The van der Waals surface area contributed by atoms with E-state index in [2.05, 4.69) is 31.9 Å². The molecule has 3 aliphatic rings. The number of anilines is 1. The van der Waals surface area contributed by atoms with Gasteiger partial charge in [0.15, 0.2) is 0 Å². The number of methoxy groups -OCH3 is 1. The smallest absolute Gasteiger partial charge is 0.226 e. The number of amides is 1. The van der Waals surface area contributed by atoms with Crippen molar-refractivity contribution in [1.82, 2.24) is 14.9 Å². The number of piperidine rings is 1. The Morgan fingerprint density at radius 3 is 2.44 bits per heavy atom. The quantitative estimate of drug-likeness (QED) is 0.769. The molecule has 0 spiro atoms. The molecule has 1 aromatic heterocycles. The first kappa shape index (κ1) is 16.4. The number of aromatic nitrogens is 2. The van der Waals surface area contributed by atoms with Crippen LogP contribution in [0.4, 0.5) is 5.82 Å². The van der Waals surface area contributed by atoms with E-state index in [1.54, 1.807) is 13.4 Å².